The van der Waals surface area contributed by atoms with E-state index in [0.717, 1.165) is 61.1 Å². The van der Waals surface area contributed by atoms with Gasteiger partial charge in [0.1, 0.15) is 5.75 Å². The minimum atomic E-state index is -4.28. The summed E-state index contributed by atoms with van der Waals surface area (Å²) in [5.74, 6) is -1.08. The van der Waals surface area contributed by atoms with E-state index in [9.17, 15) is 17.8 Å². The Labute approximate surface area is 205 Å². The third kappa shape index (κ3) is 5.83. The molecule has 0 radical (unpaired) electrons. The fourth-order valence-corrected chi connectivity index (χ4v) is 5.80. The van der Waals surface area contributed by atoms with Crippen LogP contribution < -0.4 is 14.5 Å². The summed E-state index contributed by atoms with van der Waals surface area (Å²) >= 11 is 6.12. The van der Waals surface area contributed by atoms with E-state index in [4.69, 9.17) is 16.3 Å². The Hall–Kier alpha value is -2.33. The summed E-state index contributed by atoms with van der Waals surface area (Å²) in [7, 11) is -2.73. The quantitative estimate of drug-likeness (QED) is 0.549. The number of hydrogen-bond acceptors (Lipinski definition) is 6. The average molecular weight is 508 g/mol. The van der Waals surface area contributed by atoms with Gasteiger partial charge < -0.3 is 14.5 Å². The zero-order valence-corrected chi connectivity index (χ0v) is 20.8. The summed E-state index contributed by atoms with van der Waals surface area (Å²) < 4.78 is 37.9. The molecule has 2 aromatic carbocycles. The highest BCUT2D eigenvalue weighted by Gasteiger charge is 2.36. The molecule has 0 saturated carbocycles. The van der Waals surface area contributed by atoms with Crippen molar-refractivity contribution in [1.29, 1.82) is 0 Å². The van der Waals surface area contributed by atoms with Gasteiger partial charge in [-0.25, -0.2) is 0 Å². The normalized spacial score (nSPS) is 19.3. The summed E-state index contributed by atoms with van der Waals surface area (Å²) in [6.07, 6.45) is 0.970. The SMILES string of the molecule is COc1cccc2c1CC(CS(=O)(=O)O)C(=O)N2CCCN1CCN(c2cccc(Cl)c2)CC1. The maximum Gasteiger partial charge on any atom is 0.265 e. The van der Waals surface area contributed by atoms with Gasteiger partial charge in [-0.15, -0.1) is 0 Å². The molecule has 1 atom stereocenters. The molecule has 8 nitrogen and oxygen atoms in total. The van der Waals surface area contributed by atoms with Crippen LogP contribution in [-0.2, 0) is 21.3 Å². The lowest BCUT2D eigenvalue weighted by Crippen LogP contribution is -2.48. The average Bonchev–Trinajstić information content (AvgIpc) is 2.80. The molecular formula is C24H30ClN3O5S. The molecule has 34 heavy (non-hydrogen) atoms. The lowest BCUT2D eigenvalue weighted by molar-refractivity contribution is -0.122. The van der Waals surface area contributed by atoms with E-state index in [1.807, 2.05) is 30.3 Å². The first kappa shape index (κ1) is 24.8. The van der Waals surface area contributed by atoms with Gasteiger partial charge in [0.25, 0.3) is 10.1 Å². The number of hydrogen-bond donors (Lipinski definition) is 1. The van der Waals surface area contributed by atoms with E-state index < -0.39 is 21.8 Å². The minimum Gasteiger partial charge on any atom is -0.496 e. The number of carbonyl (C=O) groups is 1. The van der Waals surface area contributed by atoms with E-state index in [1.54, 1.807) is 18.1 Å². The topological polar surface area (TPSA) is 90.4 Å². The van der Waals surface area contributed by atoms with Gasteiger partial charge in [-0.1, -0.05) is 23.7 Å². The maximum absolute atomic E-state index is 13.2. The Bertz CT molecular complexity index is 1140. The van der Waals surface area contributed by atoms with Gasteiger partial charge in [0, 0.05) is 49.0 Å². The summed E-state index contributed by atoms with van der Waals surface area (Å²) in [5.41, 5.74) is 2.68. The summed E-state index contributed by atoms with van der Waals surface area (Å²) in [6.45, 7) is 4.93. The van der Waals surface area contributed by atoms with Crippen LogP contribution in [-0.4, -0.2) is 75.9 Å². The number of carbonyl (C=O) groups excluding carboxylic acids is 1. The van der Waals surface area contributed by atoms with Crippen molar-refractivity contribution in [2.24, 2.45) is 5.92 Å². The molecule has 4 rings (SSSR count). The number of amides is 1. The van der Waals surface area contributed by atoms with Gasteiger partial charge in [0.15, 0.2) is 0 Å². The predicted octanol–water partition coefficient (Wildman–Crippen LogP) is 2.95. The summed E-state index contributed by atoms with van der Waals surface area (Å²) in [5, 5.41) is 0.732. The smallest absolute Gasteiger partial charge is 0.265 e. The lowest BCUT2D eigenvalue weighted by atomic mass is 9.92. The number of anilines is 2. The summed E-state index contributed by atoms with van der Waals surface area (Å²) in [4.78, 5) is 19.5. The Morgan fingerprint density at radius 2 is 1.82 bits per heavy atom. The molecule has 184 valence electrons. The van der Waals surface area contributed by atoms with Crippen LogP contribution in [0.15, 0.2) is 42.5 Å². The third-order valence-corrected chi connectivity index (χ3v) is 7.56. The van der Waals surface area contributed by atoms with Crippen molar-refractivity contribution in [3.05, 3.63) is 53.1 Å². The molecule has 2 aromatic rings. The second-order valence-electron chi connectivity index (χ2n) is 8.76. The van der Waals surface area contributed by atoms with Crippen LogP contribution in [0, 0.1) is 5.92 Å². The Morgan fingerprint density at radius 3 is 2.50 bits per heavy atom. The van der Waals surface area contributed by atoms with Crippen LogP contribution in [0.4, 0.5) is 11.4 Å². The van der Waals surface area contributed by atoms with Gasteiger partial charge >= 0.3 is 0 Å². The van der Waals surface area contributed by atoms with E-state index in [0.29, 0.717) is 12.3 Å². The number of benzene rings is 2. The van der Waals surface area contributed by atoms with Crippen LogP contribution in [0.1, 0.15) is 12.0 Å². The van der Waals surface area contributed by atoms with Gasteiger partial charge in [0.05, 0.1) is 24.5 Å². The number of fused-ring (bicyclic) bond motifs is 1. The van der Waals surface area contributed by atoms with Crippen LogP contribution in [0.25, 0.3) is 0 Å². The minimum absolute atomic E-state index is 0.222. The fraction of sp³-hybridized carbons (Fsp3) is 0.458. The largest absolute Gasteiger partial charge is 0.496 e. The molecule has 0 bridgehead atoms. The van der Waals surface area contributed by atoms with Gasteiger partial charge in [0.2, 0.25) is 5.91 Å². The highest BCUT2D eigenvalue weighted by atomic mass is 35.5. The van der Waals surface area contributed by atoms with Crippen LogP contribution >= 0.6 is 11.6 Å². The molecular weight excluding hydrogens is 478 g/mol. The van der Waals surface area contributed by atoms with Gasteiger partial charge in [-0.2, -0.15) is 8.42 Å². The highest BCUT2D eigenvalue weighted by molar-refractivity contribution is 7.85. The monoisotopic (exact) mass is 507 g/mol. The molecule has 2 aliphatic heterocycles. The molecule has 1 saturated heterocycles. The van der Waals surface area contributed by atoms with Crippen molar-refractivity contribution in [1.82, 2.24) is 4.90 Å². The third-order valence-electron chi connectivity index (χ3n) is 6.50. The predicted molar refractivity (Wildman–Crippen MR) is 134 cm³/mol. The van der Waals surface area contributed by atoms with Crippen LogP contribution in [0.3, 0.4) is 0 Å². The number of ether oxygens (including phenoxy) is 1. The van der Waals surface area contributed by atoms with Crippen molar-refractivity contribution in [2.75, 3.05) is 61.9 Å². The molecule has 0 spiro atoms. The zero-order chi connectivity index (χ0) is 24.3. The van der Waals surface area contributed by atoms with Crippen LogP contribution in [0.5, 0.6) is 5.75 Å². The van der Waals surface area contributed by atoms with Crippen molar-refractivity contribution < 1.29 is 22.5 Å². The molecule has 0 aliphatic carbocycles. The first-order valence-corrected chi connectivity index (χ1v) is 13.4. The first-order valence-electron chi connectivity index (χ1n) is 11.4. The summed E-state index contributed by atoms with van der Waals surface area (Å²) in [6, 6.07) is 13.4. The van der Waals surface area contributed by atoms with Crippen molar-refractivity contribution >= 4 is 39.0 Å². The number of nitrogens with zero attached hydrogens (tertiary/aromatic N) is 3. The van der Waals surface area contributed by atoms with E-state index in [1.165, 1.54) is 0 Å². The zero-order valence-electron chi connectivity index (χ0n) is 19.2. The fourth-order valence-electron chi connectivity index (χ4n) is 4.85. The Balaban J connectivity index is 1.38. The van der Waals surface area contributed by atoms with Gasteiger partial charge in [-0.3, -0.25) is 14.2 Å². The second kappa shape index (κ2) is 10.5. The second-order valence-corrected chi connectivity index (χ2v) is 10.7. The maximum atomic E-state index is 13.2. The molecule has 2 heterocycles. The van der Waals surface area contributed by atoms with Crippen molar-refractivity contribution in [2.45, 2.75) is 12.8 Å². The Morgan fingerprint density at radius 1 is 1.09 bits per heavy atom. The molecule has 10 heteroatoms. The van der Waals surface area contributed by atoms with E-state index in [2.05, 4.69) is 15.9 Å². The van der Waals surface area contributed by atoms with E-state index in [-0.39, 0.29) is 12.3 Å². The number of piperazine rings is 1. The number of rotatable bonds is 8. The molecule has 0 aromatic heterocycles. The molecule has 2 aliphatic rings. The van der Waals surface area contributed by atoms with Crippen LogP contribution in [0.2, 0.25) is 5.02 Å². The standard InChI is InChI=1S/C24H30ClN3O5S/c1-33-23-8-3-7-22-21(23)15-18(17-34(30,31)32)24(29)28(22)10-4-9-26-11-13-27(14-12-26)20-6-2-5-19(25)16-20/h2-3,5-8,16,18H,4,9-15,17H2,1H3,(H,30,31,32). The molecule has 1 amide bonds. The van der Waals surface area contributed by atoms with Crippen molar-refractivity contribution in [3.63, 3.8) is 0 Å². The Kier molecular flexibility index (Phi) is 7.67. The highest BCUT2D eigenvalue weighted by Crippen LogP contribution is 2.37. The molecule has 1 N–H and O–H groups in total. The van der Waals surface area contributed by atoms with E-state index >= 15 is 0 Å². The first-order chi connectivity index (χ1) is 16.2. The van der Waals surface area contributed by atoms with Crippen molar-refractivity contribution in [3.8, 4) is 5.75 Å². The number of halogens is 1. The lowest BCUT2D eigenvalue weighted by Gasteiger charge is -2.37. The number of methoxy groups -OCH3 is 1. The molecule has 1 fully saturated rings. The van der Waals surface area contributed by atoms with Gasteiger partial charge in [-0.05, 0) is 49.7 Å². The molecule has 1 unspecified atom stereocenters.